The average Bonchev–Trinajstić information content (AvgIpc) is 3.46. The Morgan fingerprint density at radius 1 is 0.967 bits per heavy atom. The van der Waals surface area contributed by atoms with Crippen molar-refractivity contribution in [3.8, 4) is 23.0 Å². The van der Waals surface area contributed by atoms with Crippen LogP contribution in [0.3, 0.4) is 0 Å². The van der Waals surface area contributed by atoms with Gasteiger partial charge in [0.05, 0.1) is 6.54 Å². The molecule has 0 radical (unpaired) electrons. The third-order valence-electron chi connectivity index (χ3n) is 5.02. The van der Waals surface area contributed by atoms with Crippen LogP contribution in [-0.2, 0) is 13.1 Å². The second-order valence-corrected chi connectivity index (χ2v) is 7.89. The summed E-state index contributed by atoms with van der Waals surface area (Å²) in [6.07, 6.45) is 0. The van der Waals surface area contributed by atoms with E-state index in [2.05, 4.69) is 5.32 Å². The number of aromatic nitrogens is 1. The van der Waals surface area contributed by atoms with E-state index in [-0.39, 0.29) is 24.4 Å². The number of hydrogen-bond acceptors (Lipinski definition) is 7. The van der Waals surface area contributed by atoms with Crippen LogP contribution < -0.4 is 29.1 Å². The molecule has 0 atom stereocenters. The lowest BCUT2D eigenvalue weighted by Crippen LogP contribution is -2.23. The van der Waals surface area contributed by atoms with Crippen LogP contribution in [-0.4, -0.2) is 24.1 Å². The Kier molecular flexibility index (Phi) is 4.59. The first-order chi connectivity index (χ1) is 14.6. The van der Waals surface area contributed by atoms with Gasteiger partial charge in [-0.15, -0.1) is 0 Å². The lowest BCUT2D eigenvalue weighted by molar-refractivity contribution is 0.0953. The predicted octanol–water partition coefficient (Wildman–Crippen LogP) is 2.65. The third kappa shape index (κ3) is 3.37. The van der Waals surface area contributed by atoms with Gasteiger partial charge in [-0.2, -0.15) is 0 Å². The third-order valence-corrected chi connectivity index (χ3v) is 6.10. The summed E-state index contributed by atoms with van der Waals surface area (Å²) in [5, 5.41) is 2.87. The number of rotatable bonds is 5. The highest BCUT2D eigenvalue weighted by molar-refractivity contribution is 7.11. The number of fused-ring (bicyclic) bond motifs is 2. The Balaban J connectivity index is 1.30. The van der Waals surface area contributed by atoms with Crippen molar-refractivity contribution in [2.75, 3.05) is 13.6 Å². The molecule has 1 aromatic heterocycles. The molecule has 0 aliphatic carbocycles. The first-order valence-corrected chi connectivity index (χ1v) is 10.2. The highest BCUT2D eigenvalue weighted by Crippen LogP contribution is 2.33. The molecule has 8 nitrogen and oxygen atoms in total. The van der Waals surface area contributed by atoms with E-state index in [1.807, 2.05) is 36.4 Å². The first-order valence-electron chi connectivity index (χ1n) is 9.34. The van der Waals surface area contributed by atoms with Crippen LogP contribution >= 0.6 is 11.3 Å². The van der Waals surface area contributed by atoms with Crippen molar-refractivity contribution in [2.45, 2.75) is 20.0 Å². The molecule has 2 aliphatic heterocycles. The molecular weight excluding hydrogens is 408 g/mol. The Morgan fingerprint density at radius 3 is 2.27 bits per heavy atom. The summed E-state index contributed by atoms with van der Waals surface area (Å²) in [5.41, 5.74) is 2.41. The lowest BCUT2D eigenvalue weighted by atomic mass is 10.2. The molecule has 0 unspecified atom stereocenters. The zero-order valence-corrected chi connectivity index (χ0v) is 16.9. The fourth-order valence-electron chi connectivity index (χ4n) is 3.40. The molecule has 5 rings (SSSR count). The Labute approximate surface area is 175 Å². The zero-order valence-electron chi connectivity index (χ0n) is 16.1. The quantitative estimate of drug-likeness (QED) is 0.675. The second kappa shape index (κ2) is 7.42. The van der Waals surface area contributed by atoms with Crippen LogP contribution in [0.1, 0.15) is 26.5 Å². The molecular formula is C21H18N2O6S. The number of carbonyl (C=O) groups excluding carboxylic acids is 1. The molecule has 30 heavy (non-hydrogen) atoms. The molecule has 3 heterocycles. The molecule has 0 fully saturated rings. The molecule has 0 saturated heterocycles. The van der Waals surface area contributed by atoms with E-state index in [0.717, 1.165) is 22.5 Å². The predicted molar refractivity (Wildman–Crippen MR) is 109 cm³/mol. The van der Waals surface area contributed by atoms with Gasteiger partial charge in [-0.3, -0.25) is 14.2 Å². The minimum Gasteiger partial charge on any atom is -0.454 e. The van der Waals surface area contributed by atoms with E-state index in [1.165, 1.54) is 0 Å². The summed E-state index contributed by atoms with van der Waals surface area (Å²) in [4.78, 5) is 25.4. The van der Waals surface area contributed by atoms with E-state index in [9.17, 15) is 9.59 Å². The summed E-state index contributed by atoms with van der Waals surface area (Å²) in [6, 6.07) is 11.1. The second-order valence-electron chi connectivity index (χ2n) is 6.93. The van der Waals surface area contributed by atoms with Gasteiger partial charge in [0, 0.05) is 12.2 Å². The Hall–Kier alpha value is -3.46. The number of hydrogen-bond donors (Lipinski definition) is 1. The number of nitrogens with one attached hydrogen (secondary N) is 1. The van der Waals surface area contributed by atoms with Crippen molar-refractivity contribution >= 4 is 17.2 Å². The molecule has 2 aromatic carbocycles. The monoisotopic (exact) mass is 426 g/mol. The number of benzene rings is 2. The smallest absolute Gasteiger partial charge is 0.308 e. The van der Waals surface area contributed by atoms with Gasteiger partial charge < -0.3 is 24.3 Å². The largest absolute Gasteiger partial charge is 0.454 e. The molecule has 9 heteroatoms. The van der Waals surface area contributed by atoms with Crippen LogP contribution in [0.5, 0.6) is 23.0 Å². The van der Waals surface area contributed by atoms with Gasteiger partial charge in [-0.25, -0.2) is 0 Å². The van der Waals surface area contributed by atoms with Gasteiger partial charge in [-0.05, 0) is 42.3 Å². The molecule has 0 saturated carbocycles. The number of thiazole rings is 1. The van der Waals surface area contributed by atoms with Crippen LogP contribution in [0.15, 0.2) is 41.2 Å². The first kappa shape index (κ1) is 18.6. The van der Waals surface area contributed by atoms with Crippen LogP contribution in [0, 0.1) is 6.92 Å². The Morgan fingerprint density at radius 2 is 1.57 bits per heavy atom. The minimum atomic E-state index is -0.281. The highest BCUT2D eigenvalue weighted by atomic mass is 32.1. The van der Waals surface area contributed by atoms with E-state index in [1.54, 1.807) is 11.5 Å². The SMILES string of the molecule is Cc1c(C(=O)NCc2ccc3c(c2)OCO3)sc(=O)n1Cc1ccc2c(c1)OCO2. The van der Waals surface area contributed by atoms with Gasteiger partial charge in [0.1, 0.15) is 4.88 Å². The number of nitrogens with zero attached hydrogens (tertiary/aromatic N) is 1. The highest BCUT2D eigenvalue weighted by Gasteiger charge is 2.20. The van der Waals surface area contributed by atoms with Gasteiger partial charge in [0.2, 0.25) is 13.6 Å². The van der Waals surface area contributed by atoms with Crippen molar-refractivity contribution in [2.24, 2.45) is 0 Å². The van der Waals surface area contributed by atoms with E-state index >= 15 is 0 Å². The van der Waals surface area contributed by atoms with E-state index in [4.69, 9.17) is 18.9 Å². The number of amides is 1. The standard InChI is InChI=1S/C21H18N2O6S/c1-12-19(20(24)22-8-13-2-4-15-17(6-13)28-10-26-15)30-21(25)23(12)9-14-3-5-16-18(7-14)29-11-27-16/h2-7H,8-11H2,1H3,(H,22,24). The Bertz CT molecular complexity index is 1200. The van der Waals surface area contributed by atoms with Gasteiger partial charge in [0.25, 0.3) is 5.91 Å². The summed E-state index contributed by atoms with van der Waals surface area (Å²) in [6.45, 7) is 2.86. The number of carbonyl (C=O) groups is 1. The molecule has 0 spiro atoms. The molecule has 154 valence electrons. The zero-order chi connectivity index (χ0) is 20.7. The summed E-state index contributed by atoms with van der Waals surface area (Å²) in [5.74, 6) is 2.43. The van der Waals surface area contributed by atoms with Crippen LogP contribution in [0.25, 0.3) is 0 Å². The van der Waals surface area contributed by atoms with Crippen molar-refractivity contribution in [3.63, 3.8) is 0 Å². The van der Waals surface area contributed by atoms with Gasteiger partial charge in [-0.1, -0.05) is 23.5 Å². The molecule has 0 bridgehead atoms. The van der Waals surface area contributed by atoms with Crippen molar-refractivity contribution in [1.29, 1.82) is 0 Å². The van der Waals surface area contributed by atoms with Crippen molar-refractivity contribution in [3.05, 3.63) is 67.8 Å². The fourth-order valence-corrected chi connectivity index (χ4v) is 4.31. The maximum absolute atomic E-state index is 12.7. The van der Waals surface area contributed by atoms with Crippen LogP contribution in [0.4, 0.5) is 0 Å². The van der Waals surface area contributed by atoms with Crippen molar-refractivity contribution in [1.82, 2.24) is 9.88 Å². The van der Waals surface area contributed by atoms with E-state index < -0.39 is 0 Å². The van der Waals surface area contributed by atoms with Gasteiger partial charge in [0.15, 0.2) is 23.0 Å². The van der Waals surface area contributed by atoms with Crippen molar-refractivity contribution < 1.29 is 23.7 Å². The summed E-state index contributed by atoms with van der Waals surface area (Å²) >= 11 is 0.944. The molecule has 1 N–H and O–H groups in total. The molecule has 2 aliphatic rings. The lowest BCUT2D eigenvalue weighted by Gasteiger charge is -2.08. The maximum atomic E-state index is 12.7. The molecule has 3 aromatic rings. The van der Waals surface area contributed by atoms with Crippen LogP contribution in [0.2, 0.25) is 0 Å². The summed E-state index contributed by atoms with van der Waals surface area (Å²) in [7, 11) is 0. The normalized spacial score (nSPS) is 13.5. The summed E-state index contributed by atoms with van der Waals surface area (Å²) < 4.78 is 23.0. The average molecular weight is 426 g/mol. The van der Waals surface area contributed by atoms with E-state index in [0.29, 0.717) is 46.7 Å². The molecule has 1 amide bonds. The number of ether oxygens (including phenoxy) is 4. The topological polar surface area (TPSA) is 88.0 Å². The maximum Gasteiger partial charge on any atom is 0.308 e. The fraction of sp³-hybridized carbons (Fsp3) is 0.238. The van der Waals surface area contributed by atoms with Gasteiger partial charge >= 0.3 is 4.87 Å². The minimum absolute atomic E-state index is 0.182.